The minimum absolute atomic E-state index is 0.425. The third-order valence-corrected chi connectivity index (χ3v) is 4.90. The second-order valence-electron chi connectivity index (χ2n) is 6.22. The zero-order valence-electron chi connectivity index (χ0n) is 12.4. The third-order valence-electron chi connectivity index (χ3n) is 4.90. The summed E-state index contributed by atoms with van der Waals surface area (Å²) in [4.78, 5) is 0. The highest BCUT2D eigenvalue weighted by molar-refractivity contribution is 5.64. The Morgan fingerprint density at radius 2 is 1.70 bits per heavy atom. The molecule has 2 heteroatoms. The molecule has 0 radical (unpaired) electrons. The summed E-state index contributed by atoms with van der Waals surface area (Å²) in [6.07, 6.45) is 8.51. The minimum atomic E-state index is 0.425. The van der Waals surface area contributed by atoms with Crippen molar-refractivity contribution < 1.29 is 4.74 Å². The molecular formula is C18H25NO. The standard InChI is InChI=1S/C18H25NO/c1-20-18(15-3-2-4-15)16-7-5-13(6-8-16)14-9-11-17(19)12-10-14/h5-8,14,17H,2-4,9-12,19H2,1H3. The SMILES string of the molecule is COC(=C1CCC1)c1ccc(C2CCC(N)CC2)cc1. The number of nitrogens with two attached hydrogens (primary N) is 1. The maximum atomic E-state index is 5.99. The number of benzene rings is 1. The molecule has 1 aromatic rings. The Balaban J connectivity index is 1.74. The third kappa shape index (κ3) is 2.76. The molecule has 2 nitrogen and oxygen atoms in total. The van der Waals surface area contributed by atoms with E-state index in [1.165, 1.54) is 61.6 Å². The highest BCUT2D eigenvalue weighted by Crippen LogP contribution is 2.36. The van der Waals surface area contributed by atoms with Gasteiger partial charge in [0.05, 0.1) is 7.11 Å². The topological polar surface area (TPSA) is 35.2 Å². The average Bonchev–Trinajstić information content (AvgIpc) is 2.44. The van der Waals surface area contributed by atoms with E-state index in [0.717, 1.165) is 5.76 Å². The first-order valence-corrected chi connectivity index (χ1v) is 7.90. The Morgan fingerprint density at radius 3 is 2.20 bits per heavy atom. The predicted molar refractivity (Wildman–Crippen MR) is 83.4 cm³/mol. The molecule has 0 unspecified atom stereocenters. The summed E-state index contributed by atoms with van der Waals surface area (Å²) in [6.45, 7) is 0. The van der Waals surface area contributed by atoms with Crippen molar-refractivity contribution in [2.75, 3.05) is 7.11 Å². The van der Waals surface area contributed by atoms with Gasteiger partial charge in [0, 0.05) is 11.6 Å². The van der Waals surface area contributed by atoms with Crippen molar-refractivity contribution in [2.45, 2.75) is 56.9 Å². The van der Waals surface area contributed by atoms with Crippen LogP contribution in [0.4, 0.5) is 0 Å². The normalized spacial score (nSPS) is 26.0. The molecule has 2 N–H and O–H groups in total. The van der Waals surface area contributed by atoms with Gasteiger partial charge in [-0.15, -0.1) is 0 Å². The molecule has 0 bridgehead atoms. The van der Waals surface area contributed by atoms with E-state index in [1.807, 2.05) is 0 Å². The summed E-state index contributed by atoms with van der Waals surface area (Å²) in [5, 5.41) is 0. The van der Waals surface area contributed by atoms with E-state index >= 15 is 0 Å². The van der Waals surface area contributed by atoms with Crippen LogP contribution in [0.25, 0.3) is 5.76 Å². The first-order chi connectivity index (χ1) is 9.78. The van der Waals surface area contributed by atoms with Gasteiger partial charge >= 0.3 is 0 Å². The Morgan fingerprint density at radius 1 is 1.05 bits per heavy atom. The van der Waals surface area contributed by atoms with Gasteiger partial charge in [0.2, 0.25) is 0 Å². The lowest BCUT2D eigenvalue weighted by Gasteiger charge is -2.26. The molecule has 0 spiro atoms. The van der Waals surface area contributed by atoms with Gasteiger partial charge < -0.3 is 10.5 Å². The maximum absolute atomic E-state index is 5.99. The first kappa shape index (κ1) is 13.7. The van der Waals surface area contributed by atoms with Crippen LogP contribution < -0.4 is 5.73 Å². The Bertz CT molecular complexity index is 475. The summed E-state index contributed by atoms with van der Waals surface area (Å²) >= 11 is 0. The molecular weight excluding hydrogens is 246 g/mol. The van der Waals surface area contributed by atoms with Gasteiger partial charge in [0.25, 0.3) is 0 Å². The van der Waals surface area contributed by atoms with E-state index in [-0.39, 0.29) is 0 Å². The second-order valence-corrected chi connectivity index (χ2v) is 6.22. The molecule has 0 amide bonds. The van der Waals surface area contributed by atoms with Gasteiger partial charge in [-0.2, -0.15) is 0 Å². The quantitative estimate of drug-likeness (QED) is 0.836. The zero-order chi connectivity index (χ0) is 13.9. The Hall–Kier alpha value is -1.28. The number of allylic oxidation sites excluding steroid dienone is 1. The van der Waals surface area contributed by atoms with Crippen molar-refractivity contribution in [1.29, 1.82) is 0 Å². The largest absolute Gasteiger partial charge is 0.496 e. The van der Waals surface area contributed by atoms with Gasteiger partial charge in [-0.1, -0.05) is 24.3 Å². The molecule has 20 heavy (non-hydrogen) atoms. The highest BCUT2D eigenvalue weighted by atomic mass is 16.5. The number of rotatable bonds is 3. The number of hydrogen-bond donors (Lipinski definition) is 1. The van der Waals surface area contributed by atoms with E-state index in [1.54, 1.807) is 7.11 Å². The van der Waals surface area contributed by atoms with Crippen LogP contribution in [0.15, 0.2) is 29.8 Å². The fourth-order valence-corrected chi connectivity index (χ4v) is 3.41. The summed E-state index contributed by atoms with van der Waals surface area (Å²) in [5.41, 5.74) is 10.2. The van der Waals surface area contributed by atoms with Crippen LogP contribution in [0.5, 0.6) is 0 Å². The molecule has 108 valence electrons. The van der Waals surface area contributed by atoms with Crippen molar-refractivity contribution in [3.8, 4) is 0 Å². The fourth-order valence-electron chi connectivity index (χ4n) is 3.41. The molecule has 2 aliphatic rings. The second kappa shape index (κ2) is 6.01. The number of ether oxygens (including phenoxy) is 1. The fraction of sp³-hybridized carbons (Fsp3) is 0.556. The summed E-state index contributed by atoms with van der Waals surface area (Å²) in [5.74, 6) is 1.81. The lowest BCUT2D eigenvalue weighted by atomic mass is 9.81. The molecule has 2 fully saturated rings. The van der Waals surface area contributed by atoms with Gasteiger partial charge in [0.1, 0.15) is 5.76 Å². The minimum Gasteiger partial charge on any atom is -0.496 e. The van der Waals surface area contributed by atoms with E-state index in [2.05, 4.69) is 24.3 Å². The molecule has 1 aromatic carbocycles. The summed E-state index contributed by atoms with van der Waals surface area (Å²) in [6, 6.07) is 9.46. The summed E-state index contributed by atoms with van der Waals surface area (Å²) in [7, 11) is 1.79. The van der Waals surface area contributed by atoms with Crippen molar-refractivity contribution in [3.63, 3.8) is 0 Å². The van der Waals surface area contributed by atoms with Crippen LogP contribution in [-0.4, -0.2) is 13.2 Å². The van der Waals surface area contributed by atoms with Crippen molar-refractivity contribution in [2.24, 2.45) is 5.73 Å². The smallest absolute Gasteiger partial charge is 0.125 e. The van der Waals surface area contributed by atoms with Crippen LogP contribution in [0, 0.1) is 0 Å². The van der Waals surface area contributed by atoms with Crippen molar-refractivity contribution >= 4 is 5.76 Å². The van der Waals surface area contributed by atoms with Crippen LogP contribution in [0.3, 0.4) is 0 Å². The summed E-state index contributed by atoms with van der Waals surface area (Å²) < 4.78 is 5.60. The first-order valence-electron chi connectivity index (χ1n) is 7.90. The van der Waals surface area contributed by atoms with Crippen molar-refractivity contribution in [1.82, 2.24) is 0 Å². The van der Waals surface area contributed by atoms with Gasteiger partial charge in [-0.25, -0.2) is 0 Å². The van der Waals surface area contributed by atoms with E-state index in [9.17, 15) is 0 Å². The van der Waals surface area contributed by atoms with Crippen LogP contribution in [-0.2, 0) is 4.74 Å². The van der Waals surface area contributed by atoms with Crippen molar-refractivity contribution in [3.05, 3.63) is 41.0 Å². The molecule has 0 heterocycles. The van der Waals surface area contributed by atoms with E-state index < -0.39 is 0 Å². The lowest BCUT2D eigenvalue weighted by molar-refractivity contribution is 0.359. The molecule has 0 saturated heterocycles. The number of methoxy groups -OCH3 is 1. The average molecular weight is 271 g/mol. The van der Waals surface area contributed by atoms with Crippen LogP contribution >= 0.6 is 0 Å². The predicted octanol–water partition coefficient (Wildman–Crippen LogP) is 4.21. The Kier molecular flexibility index (Phi) is 4.11. The number of hydrogen-bond acceptors (Lipinski definition) is 2. The van der Waals surface area contributed by atoms with E-state index in [0.29, 0.717) is 12.0 Å². The molecule has 0 atom stereocenters. The molecule has 2 saturated carbocycles. The molecule has 0 aliphatic heterocycles. The lowest BCUT2D eigenvalue weighted by Crippen LogP contribution is -2.25. The zero-order valence-corrected chi connectivity index (χ0v) is 12.4. The molecule has 2 aliphatic carbocycles. The van der Waals surface area contributed by atoms with E-state index in [4.69, 9.17) is 10.5 Å². The molecule has 0 aromatic heterocycles. The monoisotopic (exact) mass is 271 g/mol. The maximum Gasteiger partial charge on any atom is 0.125 e. The molecule has 3 rings (SSSR count). The van der Waals surface area contributed by atoms with Gasteiger partial charge in [0.15, 0.2) is 0 Å². The Labute approximate surface area is 122 Å². The van der Waals surface area contributed by atoms with Crippen LogP contribution in [0.1, 0.15) is 62.0 Å². The van der Waals surface area contributed by atoms with Crippen LogP contribution in [0.2, 0.25) is 0 Å². The van der Waals surface area contributed by atoms with Gasteiger partial charge in [-0.3, -0.25) is 0 Å². The highest BCUT2D eigenvalue weighted by Gasteiger charge is 2.21. The van der Waals surface area contributed by atoms with Gasteiger partial charge in [-0.05, 0) is 62.0 Å².